The molecule has 1 aliphatic rings. The standard InChI is InChI=1S/C14H19N5OS/c1-2-6-16-14-18-11(9-5-8-21-13(9)19-14)17-10-4-3-7-15-12(10)20/h5,8,10H,2-4,6-7H2,1H3,(H,15,20)(H2,16,17,18,19). The van der Waals surface area contributed by atoms with Gasteiger partial charge in [0.1, 0.15) is 16.7 Å². The molecule has 1 saturated heterocycles. The Kier molecular flexibility index (Phi) is 4.19. The summed E-state index contributed by atoms with van der Waals surface area (Å²) in [5, 5.41) is 12.3. The Morgan fingerprint density at radius 2 is 2.38 bits per heavy atom. The van der Waals surface area contributed by atoms with E-state index in [1.54, 1.807) is 11.3 Å². The summed E-state index contributed by atoms with van der Waals surface area (Å²) >= 11 is 1.58. The fraction of sp³-hybridized carbons (Fsp3) is 0.500. The van der Waals surface area contributed by atoms with Gasteiger partial charge in [-0.2, -0.15) is 4.98 Å². The van der Waals surface area contributed by atoms with Gasteiger partial charge in [-0.15, -0.1) is 11.3 Å². The molecule has 112 valence electrons. The monoisotopic (exact) mass is 305 g/mol. The fourth-order valence-electron chi connectivity index (χ4n) is 2.36. The van der Waals surface area contributed by atoms with Crippen molar-refractivity contribution in [3.8, 4) is 0 Å². The van der Waals surface area contributed by atoms with Crippen molar-refractivity contribution in [2.75, 3.05) is 23.7 Å². The number of piperidine rings is 1. The Morgan fingerprint density at radius 1 is 1.48 bits per heavy atom. The molecule has 3 rings (SSSR count). The predicted octanol–water partition coefficient (Wildman–Crippen LogP) is 2.20. The second-order valence-electron chi connectivity index (χ2n) is 5.09. The van der Waals surface area contributed by atoms with Crippen LogP contribution in [0.5, 0.6) is 0 Å². The Labute approximate surface area is 127 Å². The van der Waals surface area contributed by atoms with Crippen molar-refractivity contribution in [2.45, 2.75) is 32.2 Å². The smallest absolute Gasteiger partial charge is 0.242 e. The summed E-state index contributed by atoms with van der Waals surface area (Å²) in [6, 6.07) is 1.78. The highest BCUT2D eigenvalue weighted by Gasteiger charge is 2.23. The van der Waals surface area contributed by atoms with E-state index in [4.69, 9.17) is 0 Å². The van der Waals surface area contributed by atoms with E-state index in [1.165, 1.54) is 0 Å². The van der Waals surface area contributed by atoms with Crippen LogP contribution in [0.15, 0.2) is 11.4 Å². The minimum absolute atomic E-state index is 0.0475. The van der Waals surface area contributed by atoms with Crippen LogP contribution in [-0.4, -0.2) is 35.0 Å². The Morgan fingerprint density at radius 3 is 3.19 bits per heavy atom. The number of carbonyl (C=O) groups is 1. The third-order valence-corrected chi connectivity index (χ3v) is 4.26. The zero-order valence-corrected chi connectivity index (χ0v) is 12.8. The van der Waals surface area contributed by atoms with Gasteiger partial charge in [0.05, 0.1) is 5.39 Å². The highest BCUT2D eigenvalue weighted by atomic mass is 32.1. The van der Waals surface area contributed by atoms with Crippen molar-refractivity contribution in [1.29, 1.82) is 0 Å². The van der Waals surface area contributed by atoms with Crippen molar-refractivity contribution in [3.05, 3.63) is 11.4 Å². The molecule has 0 aliphatic carbocycles. The lowest BCUT2D eigenvalue weighted by atomic mass is 10.1. The second kappa shape index (κ2) is 6.26. The van der Waals surface area contributed by atoms with Crippen LogP contribution in [0.2, 0.25) is 0 Å². The van der Waals surface area contributed by atoms with Crippen LogP contribution in [0.1, 0.15) is 26.2 Å². The van der Waals surface area contributed by atoms with Crippen molar-refractivity contribution in [2.24, 2.45) is 0 Å². The number of anilines is 2. The molecule has 1 atom stereocenters. The third-order valence-electron chi connectivity index (χ3n) is 3.45. The molecule has 7 heteroatoms. The van der Waals surface area contributed by atoms with Gasteiger partial charge in [0.15, 0.2) is 0 Å². The molecule has 0 bridgehead atoms. The molecule has 1 fully saturated rings. The van der Waals surface area contributed by atoms with Gasteiger partial charge in [-0.1, -0.05) is 6.92 Å². The molecule has 3 N–H and O–H groups in total. The highest BCUT2D eigenvalue weighted by Crippen LogP contribution is 2.27. The van der Waals surface area contributed by atoms with E-state index in [2.05, 4.69) is 32.8 Å². The number of aromatic nitrogens is 2. The second-order valence-corrected chi connectivity index (χ2v) is 5.99. The van der Waals surface area contributed by atoms with Crippen LogP contribution < -0.4 is 16.0 Å². The lowest BCUT2D eigenvalue weighted by Gasteiger charge is -2.23. The van der Waals surface area contributed by atoms with Crippen LogP contribution >= 0.6 is 11.3 Å². The van der Waals surface area contributed by atoms with Crippen LogP contribution in [0.3, 0.4) is 0 Å². The molecule has 2 aromatic heterocycles. The molecule has 6 nitrogen and oxygen atoms in total. The largest absolute Gasteiger partial charge is 0.358 e. The minimum atomic E-state index is -0.212. The molecule has 0 aromatic carbocycles. The average molecular weight is 305 g/mol. The van der Waals surface area contributed by atoms with Gasteiger partial charge >= 0.3 is 0 Å². The van der Waals surface area contributed by atoms with E-state index < -0.39 is 0 Å². The number of rotatable bonds is 5. The Balaban J connectivity index is 1.88. The zero-order valence-electron chi connectivity index (χ0n) is 12.0. The summed E-state index contributed by atoms with van der Waals surface area (Å²) in [4.78, 5) is 21.9. The van der Waals surface area contributed by atoms with Crippen molar-refractivity contribution in [3.63, 3.8) is 0 Å². The lowest BCUT2D eigenvalue weighted by Crippen LogP contribution is -2.44. The van der Waals surface area contributed by atoms with Crippen LogP contribution in [0.25, 0.3) is 10.2 Å². The topological polar surface area (TPSA) is 78.9 Å². The van der Waals surface area contributed by atoms with Gasteiger partial charge in [0.2, 0.25) is 11.9 Å². The number of hydrogen-bond donors (Lipinski definition) is 3. The zero-order chi connectivity index (χ0) is 14.7. The molecular weight excluding hydrogens is 286 g/mol. The summed E-state index contributed by atoms with van der Waals surface area (Å²) < 4.78 is 0. The van der Waals surface area contributed by atoms with E-state index in [1.807, 2.05) is 11.4 Å². The van der Waals surface area contributed by atoms with E-state index in [9.17, 15) is 4.79 Å². The first-order valence-electron chi connectivity index (χ1n) is 7.31. The van der Waals surface area contributed by atoms with Gasteiger partial charge < -0.3 is 16.0 Å². The summed E-state index contributed by atoms with van der Waals surface area (Å²) in [5.74, 6) is 1.40. The van der Waals surface area contributed by atoms with Crippen LogP contribution in [0, 0.1) is 0 Å². The van der Waals surface area contributed by atoms with Gasteiger partial charge in [-0.25, -0.2) is 4.98 Å². The number of nitrogens with one attached hydrogen (secondary N) is 3. The molecule has 3 heterocycles. The number of carbonyl (C=O) groups excluding carboxylic acids is 1. The van der Waals surface area contributed by atoms with Gasteiger partial charge in [-0.05, 0) is 30.7 Å². The Hall–Kier alpha value is -1.89. The molecule has 1 unspecified atom stereocenters. The lowest BCUT2D eigenvalue weighted by molar-refractivity contribution is -0.123. The summed E-state index contributed by atoms with van der Waals surface area (Å²) in [7, 11) is 0. The molecule has 0 saturated carbocycles. The van der Waals surface area contributed by atoms with E-state index in [0.29, 0.717) is 5.95 Å². The van der Waals surface area contributed by atoms with Crippen molar-refractivity contribution < 1.29 is 4.79 Å². The molecular formula is C14H19N5OS. The maximum absolute atomic E-state index is 11.9. The highest BCUT2D eigenvalue weighted by molar-refractivity contribution is 7.16. The summed E-state index contributed by atoms with van der Waals surface area (Å²) in [5.41, 5.74) is 0. The van der Waals surface area contributed by atoms with E-state index >= 15 is 0 Å². The molecule has 1 aliphatic heterocycles. The van der Waals surface area contributed by atoms with Gasteiger partial charge in [0.25, 0.3) is 0 Å². The minimum Gasteiger partial charge on any atom is -0.358 e. The number of hydrogen-bond acceptors (Lipinski definition) is 6. The quantitative estimate of drug-likeness (QED) is 0.789. The normalized spacial score (nSPS) is 18.5. The number of amides is 1. The fourth-order valence-corrected chi connectivity index (χ4v) is 3.12. The maximum atomic E-state index is 11.9. The van der Waals surface area contributed by atoms with Crippen molar-refractivity contribution in [1.82, 2.24) is 15.3 Å². The number of nitrogens with zero attached hydrogens (tertiary/aromatic N) is 2. The van der Waals surface area contributed by atoms with Gasteiger partial charge in [0, 0.05) is 13.1 Å². The first-order chi connectivity index (χ1) is 10.3. The maximum Gasteiger partial charge on any atom is 0.242 e. The van der Waals surface area contributed by atoms with E-state index in [-0.39, 0.29) is 11.9 Å². The molecule has 1 amide bonds. The van der Waals surface area contributed by atoms with Crippen LogP contribution in [0.4, 0.5) is 11.8 Å². The summed E-state index contributed by atoms with van der Waals surface area (Å²) in [6.07, 6.45) is 2.83. The molecule has 21 heavy (non-hydrogen) atoms. The van der Waals surface area contributed by atoms with Crippen molar-refractivity contribution >= 4 is 39.2 Å². The third kappa shape index (κ3) is 3.07. The van der Waals surface area contributed by atoms with E-state index in [0.717, 1.165) is 48.4 Å². The van der Waals surface area contributed by atoms with Crippen LogP contribution in [-0.2, 0) is 4.79 Å². The Bertz CT molecular complexity index is 641. The molecule has 0 spiro atoms. The summed E-state index contributed by atoms with van der Waals surface area (Å²) in [6.45, 7) is 3.69. The number of thiophene rings is 1. The first-order valence-corrected chi connectivity index (χ1v) is 8.19. The first kappa shape index (κ1) is 14.1. The average Bonchev–Trinajstić information content (AvgIpc) is 2.96. The van der Waals surface area contributed by atoms with Gasteiger partial charge in [-0.3, -0.25) is 4.79 Å². The number of fused-ring (bicyclic) bond motifs is 1. The predicted molar refractivity (Wildman–Crippen MR) is 85.9 cm³/mol. The SMILES string of the molecule is CCCNc1nc(NC2CCCNC2=O)c2ccsc2n1. The molecule has 2 aromatic rings. The molecule has 0 radical (unpaired) electrons.